The van der Waals surface area contributed by atoms with Crippen LogP contribution in [0.2, 0.25) is 0 Å². The summed E-state index contributed by atoms with van der Waals surface area (Å²) >= 11 is 0. The standard InChI is InChI=1S/C22H31N3O5/c1-14(2)11-18(24-22(29)30-13-15-7-4-3-5-8-15)21(28)25-19(20(23)27)16-9-6-10-17(26)12-16/h3-5,7-8,14,16,18-19H,6,9-13H2,1-2H3,(H2,23,27)(H,24,29)(H,25,28)/t16-,18+,19+/m1/s1. The zero-order chi connectivity index (χ0) is 22.1. The van der Waals surface area contributed by atoms with Crippen LogP contribution in [-0.4, -0.2) is 35.8 Å². The highest BCUT2D eigenvalue weighted by molar-refractivity contribution is 5.91. The Morgan fingerprint density at radius 3 is 2.47 bits per heavy atom. The normalized spacial score (nSPS) is 18.4. The van der Waals surface area contributed by atoms with Gasteiger partial charge < -0.3 is 21.1 Å². The van der Waals surface area contributed by atoms with E-state index in [4.69, 9.17) is 10.5 Å². The van der Waals surface area contributed by atoms with Crippen LogP contribution < -0.4 is 16.4 Å². The van der Waals surface area contributed by atoms with Crippen LogP contribution in [0.4, 0.5) is 4.79 Å². The van der Waals surface area contributed by atoms with Gasteiger partial charge in [0.05, 0.1) is 0 Å². The molecule has 0 spiro atoms. The molecule has 0 aromatic heterocycles. The highest BCUT2D eigenvalue weighted by atomic mass is 16.5. The van der Waals surface area contributed by atoms with Crippen molar-refractivity contribution in [1.82, 2.24) is 10.6 Å². The van der Waals surface area contributed by atoms with Gasteiger partial charge in [-0.3, -0.25) is 14.4 Å². The lowest BCUT2D eigenvalue weighted by molar-refractivity contribution is -0.131. The van der Waals surface area contributed by atoms with E-state index in [1.165, 1.54) is 0 Å². The van der Waals surface area contributed by atoms with Gasteiger partial charge in [0, 0.05) is 12.8 Å². The number of carbonyl (C=O) groups is 4. The van der Waals surface area contributed by atoms with E-state index in [1.807, 2.05) is 44.2 Å². The van der Waals surface area contributed by atoms with E-state index in [1.54, 1.807) is 0 Å². The number of hydrogen-bond acceptors (Lipinski definition) is 5. The zero-order valence-corrected chi connectivity index (χ0v) is 17.6. The fraction of sp³-hybridized carbons (Fsp3) is 0.545. The Kier molecular flexibility index (Phi) is 8.83. The van der Waals surface area contributed by atoms with Crippen molar-refractivity contribution in [2.75, 3.05) is 0 Å². The summed E-state index contributed by atoms with van der Waals surface area (Å²) in [6.07, 6.45) is 1.66. The summed E-state index contributed by atoms with van der Waals surface area (Å²) in [5, 5.41) is 5.24. The number of carbonyl (C=O) groups excluding carboxylic acids is 4. The monoisotopic (exact) mass is 417 g/mol. The lowest BCUT2D eigenvalue weighted by atomic mass is 9.82. The van der Waals surface area contributed by atoms with Crippen LogP contribution in [-0.2, 0) is 25.7 Å². The molecule has 164 valence electrons. The number of amides is 3. The molecule has 1 saturated carbocycles. The smallest absolute Gasteiger partial charge is 0.408 e. The number of ether oxygens (including phenoxy) is 1. The van der Waals surface area contributed by atoms with Crippen molar-refractivity contribution >= 4 is 23.7 Å². The third kappa shape index (κ3) is 7.50. The van der Waals surface area contributed by atoms with Crippen molar-refractivity contribution < 1.29 is 23.9 Å². The van der Waals surface area contributed by atoms with Crippen LogP contribution in [0.5, 0.6) is 0 Å². The minimum Gasteiger partial charge on any atom is -0.445 e. The molecule has 1 aliphatic rings. The molecule has 1 aromatic rings. The molecule has 0 radical (unpaired) electrons. The Balaban J connectivity index is 1.99. The molecule has 3 atom stereocenters. The second kappa shape index (κ2) is 11.3. The molecule has 0 unspecified atom stereocenters. The van der Waals surface area contributed by atoms with Crippen LogP contribution in [0, 0.1) is 11.8 Å². The van der Waals surface area contributed by atoms with Gasteiger partial charge in [-0.25, -0.2) is 4.79 Å². The van der Waals surface area contributed by atoms with Gasteiger partial charge in [-0.15, -0.1) is 0 Å². The van der Waals surface area contributed by atoms with Crippen LogP contribution in [0.25, 0.3) is 0 Å². The third-order valence-corrected chi connectivity index (χ3v) is 5.12. The maximum Gasteiger partial charge on any atom is 0.408 e. The maximum absolute atomic E-state index is 12.9. The van der Waals surface area contributed by atoms with Gasteiger partial charge in [-0.05, 0) is 36.7 Å². The molecule has 1 aromatic carbocycles. The molecule has 0 heterocycles. The maximum atomic E-state index is 12.9. The first-order valence-corrected chi connectivity index (χ1v) is 10.3. The first-order valence-electron chi connectivity index (χ1n) is 10.3. The van der Waals surface area contributed by atoms with E-state index in [9.17, 15) is 19.2 Å². The van der Waals surface area contributed by atoms with Gasteiger partial charge >= 0.3 is 6.09 Å². The first kappa shape index (κ1) is 23.4. The molecule has 8 nitrogen and oxygen atoms in total. The molecule has 0 aliphatic heterocycles. The summed E-state index contributed by atoms with van der Waals surface area (Å²) < 4.78 is 5.21. The van der Waals surface area contributed by atoms with Gasteiger partial charge in [0.15, 0.2) is 0 Å². The van der Waals surface area contributed by atoms with E-state index >= 15 is 0 Å². The van der Waals surface area contributed by atoms with E-state index in [0.717, 1.165) is 5.56 Å². The SMILES string of the molecule is CC(C)C[C@H](NC(=O)OCc1ccccc1)C(=O)N[C@H](C(N)=O)[C@@H]1CCCC(=O)C1. The molecular weight excluding hydrogens is 386 g/mol. The van der Waals surface area contributed by atoms with Crippen molar-refractivity contribution in [3.63, 3.8) is 0 Å². The molecule has 1 aliphatic carbocycles. The second-order valence-corrected chi connectivity index (χ2v) is 8.17. The van der Waals surface area contributed by atoms with Crippen molar-refractivity contribution in [2.24, 2.45) is 17.6 Å². The zero-order valence-electron chi connectivity index (χ0n) is 17.6. The fourth-order valence-electron chi connectivity index (χ4n) is 3.63. The number of Topliss-reactive ketones (excluding diaryl/α,β-unsaturated/α-hetero) is 1. The largest absolute Gasteiger partial charge is 0.445 e. The molecule has 0 bridgehead atoms. The van der Waals surface area contributed by atoms with E-state index < -0.39 is 30.0 Å². The molecular formula is C22H31N3O5. The average Bonchev–Trinajstić information content (AvgIpc) is 2.70. The minimum absolute atomic E-state index is 0.0631. The van der Waals surface area contributed by atoms with Crippen LogP contribution in [0.1, 0.15) is 51.5 Å². The van der Waals surface area contributed by atoms with E-state index in [-0.39, 0.29) is 30.6 Å². The minimum atomic E-state index is -0.946. The van der Waals surface area contributed by atoms with E-state index in [0.29, 0.717) is 25.7 Å². The predicted octanol–water partition coefficient (Wildman–Crippen LogP) is 2.06. The van der Waals surface area contributed by atoms with Gasteiger partial charge in [0.2, 0.25) is 11.8 Å². The number of nitrogens with one attached hydrogen (secondary N) is 2. The third-order valence-electron chi connectivity index (χ3n) is 5.12. The van der Waals surface area contributed by atoms with Crippen molar-refractivity contribution in [3.05, 3.63) is 35.9 Å². The summed E-state index contributed by atoms with van der Waals surface area (Å²) in [6, 6.07) is 7.37. The Morgan fingerprint density at radius 1 is 1.17 bits per heavy atom. The van der Waals surface area contributed by atoms with Gasteiger partial charge in [0.25, 0.3) is 0 Å². The van der Waals surface area contributed by atoms with Crippen LogP contribution in [0.15, 0.2) is 30.3 Å². The second-order valence-electron chi connectivity index (χ2n) is 8.17. The Labute approximate surface area is 176 Å². The molecule has 3 amide bonds. The lowest BCUT2D eigenvalue weighted by Gasteiger charge is -2.30. The van der Waals surface area contributed by atoms with Crippen molar-refractivity contribution in [3.8, 4) is 0 Å². The predicted molar refractivity (Wildman–Crippen MR) is 111 cm³/mol. The van der Waals surface area contributed by atoms with E-state index in [2.05, 4.69) is 10.6 Å². The summed E-state index contributed by atoms with van der Waals surface area (Å²) in [5.41, 5.74) is 6.33. The van der Waals surface area contributed by atoms with Crippen molar-refractivity contribution in [1.29, 1.82) is 0 Å². The summed E-state index contributed by atoms with van der Waals surface area (Å²) in [4.78, 5) is 48.8. The van der Waals surface area contributed by atoms with Crippen molar-refractivity contribution in [2.45, 2.75) is 64.6 Å². The topological polar surface area (TPSA) is 128 Å². The number of nitrogens with two attached hydrogens (primary N) is 1. The quantitative estimate of drug-likeness (QED) is 0.567. The summed E-state index contributed by atoms with van der Waals surface area (Å²) in [7, 11) is 0. The lowest BCUT2D eigenvalue weighted by Crippen LogP contribution is -2.56. The Bertz CT molecular complexity index is 750. The number of benzene rings is 1. The number of rotatable bonds is 9. The number of ketones is 1. The van der Waals surface area contributed by atoms with Crippen LogP contribution in [0.3, 0.4) is 0 Å². The Morgan fingerprint density at radius 2 is 1.87 bits per heavy atom. The number of primary amides is 1. The molecule has 30 heavy (non-hydrogen) atoms. The Hall–Kier alpha value is -2.90. The fourth-order valence-corrected chi connectivity index (χ4v) is 3.63. The molecule has 1 fully saturated rings. The summed E-state index contributed by atoms with van der Waals surface area (Å²) in [6.45, 7) is 3.92. The molecule has 0 saturated heterocycles. The molecule has 4 N–H and O–H groups in total. The highest BCUT2D eigenvalue weighted by Crippen LogP contribution is 2.24. The van der Waals surface area contributed by atoms with Gasteiger partial charge in [0.1, 0.15) is 24.5 Å². The van der Waals surface area contributed by atoms with Gasteiger partial charge in [-0.2, -0.15) is 0 Å². The van der Waals surface area contributed by atoms with Gasteiger partial charge in [-0.1, -0.05) is 44.2 Å². The average molecular weight is 418 g/mol. The number of hydrogen-bond donors (Lipinski definition) is 3. The molecule has 2 rings (SSSR count). The highest BCUT2D eigenvalue weighted by Gasteiger charge is 2.34. The molecule has 8 heteroatoms. The number of alkyl carbamates (subject to hydrolysis) is 1. The first-order chi connectivity index (χ1) is 14.3. The summed E-state index contributed by atoms with van der Waals surface area (Å²) in [5.74, 6) is -1.34. The van der Waals surface area contributed by atoms with Crippen LogP contribution >= 0.6 is 0 Å².